The van der Waals surface area contributed by atoms with Crippen molar-refractivity contribution < 1.29 is 4.79 Å². The second kappa shape index (κ2) is 4.97. The van der Waals surface area contributed by atoms with Crippen LogP contribution in [0.5, 0.6) is 0 Å². The van der Waals surface area contributed by atoms with Gasteiger partial charge in [0.1, 0.15) is 0 Å². The molecule has 1 saturated carbocycles. The summed E-state index contributed by atoms with van der Waals surface area (Å²) in [7, 11) is 2.20. The second-order valence-corrected chi connectivity index (χ2v) is 6.10. The molecule has 2 N–H and O–H groups in total. The molecule has 1 aromatic carbocycles. The monoisotopic (exact) mass is 258 g/mol. The summed E-state index contributed by atoms with van der Waals surface area (Å²) in [5.41, 5.74) is 7.38. The van der Waals surface area contributed by atoms with Crippen molar-refractivity contribution in [1.82, 2.24) is 4.90 Å². The van der Waals surface area contributed by atoms with E-state index in [2.05, 4.69) is 18.0 Å². The first-order valence-corrected chi connectivity index (χ1v) is 7.24. The van der Waals surface area contributed by atoms with E-state index in [9.17, 15) is 4.79 Å². The van der Waals surface area contributed by atoms with Gasteiger partial charge in [0.15, 0.2) is 0 Å². The molecule has 1 aromatic rings. The minimum absolute atomic E-state index is 0.287. The summed E-state index contributed by atoms with van der Waals surface area (Å²) in [5, 5.41) is 0. The second-order valence-electron chi connectivity index (χ2n) is 6.10. The maximum atomic E-state index is 11.5. The van der Waals surface area contributed by atoms with Crippen LogP contribution in [0.3, 0.4) is 0 Å². The van der Waals surface area contributed by atoms with Crippen molar-refractivity contribution in [2.45, 2.75) is 25.2 Å². The number of amides is 1. The van der Waals surface area contributed by atoms with E-state index >= 15 is 0 Å². The number of piperidine rings is 1. The van der Waals surface area contributed by atoms with E-state index in [0.717, 1.165) is 17.4 Å². The van der Waals surface area contributed by atoms with Crippen LogP contribution in [0.4, 0.5) is 0 Å². The molecule has 2 fully saturated rings. The molecular weight excluding hydrogens is 236 g/mol. The summed E-state index contributed by atoms with van der Waals surface area (Å²) in [4.78, 5) is 13.9. The average Bonchev–Trinajstić information content (AvgIpc) is 3.20. The summed E-state index contributed by atoms with van der Waals surface area (Å²) >= 11 is 0. The van der Waals surface area contributed by atoms with Gasteiger partial charge in [-0.3, -0.25) is 4.79 Å². The largest absolute Gasteiger partial charge is 0.366 e. The molecule has 3 nitrogen and oxygen atoms in total. The molecule has 2 aliphatic rings. The highest BCUT2D eigenvalue weighted by Gasteiger charge is 2.45. The molecule has 1 saturated heterocycles. The van der Waals surface area contributed by atoms with Gasteiger partial charge in [-0.05, 0) is 68.8 Å². The minimum Gasteiger partial charge on any atom is -0.366 e. The Kier molecular flexibility index (Phi) is 3.31. The fourth-order valence-electron chi connectivity index (χ4n) is 3.59. The van der Waals surface area contributed by atoms with Crippen LogP contribution in [0.1, 0.15) is 41.1 Å². The molecule has 0 bridgehead atoms. The maximum absolute atomic E-state index is 11.5. The Morgan fingerprint density at radius 3 is 2.63 bits per heavy atom. The van der Waals surface area contributed by atoms with Crippen LogP contribution in [0.2, 0.25) is 0 Å². The number of nitrogens with zero attached hydrogens (tertiary/aromatic N) is 1. The van der Waals surface area contributed by atoms with Gasteiger partial charge in [-0.1, -0.05) is 18.2 Å². The molecule has 0 aromatic heterocycles. The number of primary amides is 1. The van der Waals surface area contributed by atoms with Crippen LogP contribution in [-0.4, -0.2) is 30.9 Å². The number of benzene rings is 1. The Hall–Kier alpha value is -1.35. The number of rotatable bonds is 3. The Bertz CT molecular complexity index is 477. The van der Waals surface area contributed by atoms with E-state index in [1.54, 1.807) is 0 Å². The van der Waals surface area contributed by atoms with Crippen LogP contribution >= 0.6 is 0 Å². The zero-order valence-electron chi connectivity index (χ0n) is 11.5. The lowest BCUT2D eigenvalue weighted by atomic mass is 9.89. The third-order valence-corrected chi connectivity index (χ3v) is 4.83. The van der Waals surface area contributed by atoms with E-state index in [0.29, 0.717) is 5.92 Å². The predicted octanol–water partition coefficient (Wildman–Crippen LogP) is 2.23. The number of hydrogen-bond donors (Lipinski definition) is 1. The standard InChI is InChI=1S/C16H22N2O/c1-18-8-6-11(7-9-18)14-10-15(14)12-4-2-3-5-13(12)16(17)19/h2-5,11,14-15H,6-10H2,1H3,(H2,17,19). The van der Waals surface area contributed by atoms with Crippen molar-refractivity contribution in [3.05, 3.63) is 35.4 Å². The number of hydrogen-bond acceptors (Lipinski definition) is 2. The molecule has 3 heteroatoms. The van der Waals surface area contributed by atoms with Crippen molar-refractivity contribution in [2.24, 2.45) is 17.6 Å². The molecule has 2 atom stereocenters. The summed E-state index contributed by atoms with van der Waals surface area (Å²) < 4.78 is 0. The van der Waals surface area contributed by atoms with Crippen molar-refractivity contribution in [3.8, 4) is 0 Å². The molecule has 1 aliphatic heterocycles. The lowest BCUT2D eigenvalue weighted by Crippen LogP contribution is -2.31. The van der Waals surface area contributed by atoms with Gasteiger partial charge in [-0.2, -0.15) is 0 Å². The molecule has 2 unspecified atom stereocenters. The number of nitrogens with two attached hydrogens (primary N) is 1. The Morgan fingerprint density at radius 2 is 1.95 bits per heavy atom. The first kappa shape index (κ1) is 12.7. The topological polar surface area (TPSA) is 46.3 Å². The van der Waals surface area contributed by atoms with Gasteiger partial charge in [0.05, 0.1) is 0 Å². The van der Waals surface area contributed by atoms with Gasteiger partial charge in [-0.15, -0.1) is 0 Å². The van der Waals surface area contributed by atoms with Gasteiger partial charge in [0, 0.05) is 5.56 Å². The first-order valence-electron chi connectivity index (χ1n) is 7.24. The highest BCUT2D eigenvalue weighted by atomic mass is 16.1. The van der Waals surface area contributed by atoms with Gasteiger partial charge in [0.25, 0.3) is 0 Å². The molecule has 1 aliphatic carbocycles. The molecular formula is C16H22N2O. The first-order chi connectivity index (χ1) is 9.16. The molecule has 3 rings (SSSR count). The highest BCUT2D eigenvalue weighted by Crippen LogP contribution is 2.54. The summed E-state index contributed by atoms with van der Waals surface area (Å²) in [6, 6.07) is 7.86. The smallest absolute Gasteiger partial charge is 0.248 e. The molecule has 1 amide bonds. The number of likely N-dealkylation sites (tertiary alicyclic amines) is 1. The van der Waals surface area contributed by atoms with Gasteiger partial charge < -0.3 is 10.6 Å². The molecule has 102 valence electrons. The zero-order chi connectivity index (χ0) is 13.4. The maximum Gasteiger partial charge on any atom is 0.248 e. The predicted molar refractivity (Wildman–Crippen MR) is 76.0 cm³/mol. The SMILES string of the molecule is CN1CCC(C2CC2c2ccccc2C(N)=O)CC1. The van der Waals surface area contributed by atoms with Crippen molar-refractivity contribution in [2.75, 3.05) is 20.1 Å². The fourth-order valence-corrected chi connectivity index (χ4v) is 3.59. The summed E-state index contributed by atoms with van der Waals surface area (Å²) in [5.74, 6) is 1.89. The number of carbonyl (C=O) groups is 1. The van der Waals surface area contributed by atoms with Crippen molar-refractivity contribution in [3.63, 3.8) is 0 Å². The Balaban J connectivity index is 1.71. The Labute approximate surface area is 114 Å². The quantitative estimate of drug-likeness (QED) is 0.903. The van der Waals surface area contributed by atoms with E-state index in [4.69, 9.17) is 5.73 Å². The Morgan fingerprint density at radius 1 is 1.26 bits per heavy atom. The third kappa shape index (κ3) is 2.52. The average molecular weight is 258 g/mol. The number of carbonyl (C=O) groups excluding carboxylic acids is 1. The lowest BCUT2D eigenvalue weighted by molar-refractivity contribution is 0.0999. The molecule has 1 heterocycles. The van der Waals surface area contributed by atoms with Gasteiger partial charge in [0.2, 0.25) is 5.91 Å². The third-order valence-electron chi connectivity index (χ3n) is 4.83. The van der Waals surface area contributed by atoms with Gasteiger partial charge >= 0.3 is 0 Å². The van der Waals surface area contributed by atoms with Gasteiger partial charge in [-0.25, -0.2) is 0 Å². The summed E-state index contributed by atoms with van der Waals surface area (Å²) in [6.07, 6.45) is 3.84. The summed E-state index contributed by atoms with van der Waals surface area (Å²) in [6.45, 7) is 2.43. The van der Waals surface area contributed by atoms with Crippen molar-refractivity contribution in [1.29, 1.82) is 0 Å². The van der Waals surface area contributed by atoms with Crippen LogP contribution in [0, 0.1) is 11.8 Å². The lowest BCUT2D eigenvalue weighted by Gasteiger charge is -2.29. The van der Waals surface area contributed by atoms with Crippen LogP contribution in [0.15, 0.2) is 24.3 Å². The fraction of sp³-hybridized carbons (Fsp3) is 0.562. The van der Waals surface area contributed by atoms with E-state index in [1.165, 1.54) is 37.9 Å². The normalized spacial score (nSPS) is 28.3. The van der Waals surface area contributed by atoms with E-state index < -0.39 is 0 Å². The van der Waals surface area contributed by atoms with E-state index in [1.807, 2.05) is 18.2 Å². The zero-order valence-corrected chi connectivity index (χ0v) is 11.5. The molecule has 0 spiro atoms. The van der Waals surface area contributed by atoms with Crippen molar-refractivity contribution >= 4 is 5.91 Å². The molecule has 19 heavy (non-hydrogen) atoms. The van der Waals surface area contributed by atoms with E-state index in [-0.39, 0.29) is 5.91 Å². The minimum atomic E-state index is -0.287. The van der Waals surface area contributed by atoms with Crippen LogP contribution < -0.4 is 5.73 Å². The highest BCUT2D eigenvalue weighted by molar-refractivity contribution is 5.94. The van der Waals surface area contributed by atoms with Crippen LogP contribution in [0.25, 0.3) is 0 Å². The molecule has 0 radical (unpaired) electrons. The van der Waals surface area contributed by atoms with Crippen LogP contribution in [-0.2, 0) is 0 Å².